The van der Waals surface area contributed by atoms with Crippen LogP contribution in [0.4, 0.5) is 0 Å². The van der Waals surface area contributed by atoms with Gasteiger partial charge in [-0.15, -0.1) is 0 Å². The predicted molar refractivity (Wildman–Crippen MR) is 125 cm³/mol. The van der Waals surface area contributed by atoms with E-state index < -0.39 is 0 Å². The van der Waals surface area contributed by atoms with Crippen LogP contribution in [0.15, 0.2) is 48.8 Å². The summed E-state index contributed by atoms with van der Waals surface area (Å²) in [7, 11) is 0. The molecular weight excluding hydrogens is 376 g/mol. The molecule has 0 spiro atoms. The van der Waals surface area contributed by atoms with Gasteiger partial charge < -0.3 is 15.5 Å². The topological polar surface area (TPSA) is 40.2 Å². The van der Waals surface area contributed by atoms with Crippen LogP contribution in [0.25, 0.3) is 0 Å². The maximum Gasteiger partial charge on any atom is 0.169 e. The monoisotopic (exact) mass is 410 g/mol. The molecule has 1 fully saturated rings. The minimum atomic E-state index is 0.0852. The zero-order valence-electron chi connectivity index (χ0n) is 18.3. The Labute approximate surface area is 181 Å². The molecule has 2 N–H and O–H groups in total. The molecule has 5 heteroatoms. The third kappa shape index (κ3) is 6.51. The molecule has 156 valence electrons. The first-order valence-electron chi connectivity index (χ1n) is 10.4. The van der Waals surface area contributed by atoms with Crippen LogP contribution >= 0.6 is 12.2 Å². The fraction of sp³-hybridized carbons (Fsp3) is 0.500. The Morgan fingerprint density at radius 2 is 1.52 bits per heavy atom. The molecule has 0 saturated carbocycles. The Bertz CT molecular complexity index is 799. The summed E-state index contributed by atoms with van der Waals surface area (Å²) in [5, 5.41) is 8.25. The molecule has 0 amide bonds. The third-order valence-electron chi connectivity index (χ3n) is 5.42. The van der Waals surface area contributed by atoms with E-state index in [4.69, 9.17) is 12.2 Å². The molecule has 2 heterocycles. The fourth-order valence-electron chi connectivity index (χ4n) is 4.51. The van der Waals surface area contributed by atoms with Crippen LogP contribution < -0.4 is 10.6 Å². The lowest BCUT2D eigenvalue weighted by atomic mass is 9.80. The van der Waals surface area contributed by atoms with Crippen molar-refractivity contribution in [3.8, 4) is 0 Å². The van der Waals surface area contributed by atoms with Gasteiger partial charge in [0.15, 0.2) is 5.11 Å². The van der Waals surface area contributed by atoms with Crippen molar-refractivity contribution in [2.24, 2.45) is 0 Å². The summed E-state index contributed by atoms with van der Waals surface area (Å²) in [4.78, 5) is 6.40. The summed E-state index contributed by atoms with van der Waals surface area (Å²) in [6.45, 7) is 12.7. The van der Waals surface area contributed by atoms with Crippen LogP contribution in [0.1, 0.15) is 57.2 Å². The second-order valence-electron chi connectivity index (χ2n) is 9.64. The highest BCUT2D eigenvalue weighted by Gasteiger charge is 2.38. The SMILES string of the molecule is Cc1ccc(CN(Cc2ccncc2)C(=S)NC2CC(C)(C)NC(C)(C)C2)cc1. The van der Waals surface area contributed by atoms with Crippen LogP contribution in [0, 0.1) is 6.92 Å². The van der Waals surface area contributed by atoms with Crippen molar-refractivity contribution in [3.05, 3.63) is 65.5 Å². The Morgan fingerprint density at radius 1 is 1.00 bits per heavy atom. The Kier molecular flexibility index (Phi) is 6.59. The largest absolute Gasteiger partial charge is 0.360 e. The van der Waals surface area contributed by atoms with Crippen LogP contribution in [-0.2, 0) is 13.1 Å². The normalized spacial score (nSPS) is 18.2. The minimum Gasteiger partial charge on any atom is -0.360 e. The Balaban J connectivity index is 1.75. The zero-order chi connectivity index (χ0) is 21.1. The molecule has 0 aliphatic carbocycles. The first kappa shape index (κ1) is 21.7. The number of nitrogens with one attached hydrogen (secondary N) is 2. The van der Waals surface area contributed by atoms with Gasteiger partial charge in [-0.3, -0.25) is 4.98 Å². The van der Waals surface area contributed by atoms with Crippen molar-refractivity contribution in [1.82, 2.24) is 20.5 Å². The quantitative estimate of drug-likeness (QED) is 0.706. The molecule has 1 saturated heterocycles. The van der Waals surface area contributed by atoms with Gasteiger partial charge in [-0.2, -0.15) is 0 Å². The van der Waals surface area contributed by atoms with Gasteiger partial charge in [-0.05, 0) is 82.9 Å². The molecule has 1 aliphatic heterocycles. The lowest BCUT2D eigenvalue weighted by molar-refractivity contribution is 0.153. The van der Waals surface area contributed by atoms with Gasteiger partial charge in [-0.25, -0.2) is 0 Å². The third-order valence-corrected chi connectivity index (χ3v) is 5.80. The number of aromatic nitrogens is 1. The van der Waals surface area contributed by atoms with E-state index in [1.165, 1.54) is 16.7 Å². The van der Waals surface area contributed by atoms with Gasteiger partial charge in [0.05, 0.1) is 0 Å². The number of nitrogens with zero attached hydrogens (tertiary/aromatic N) is 2. The minimum absolute atomic E-state index is 0.0852. The number of hydrogen-bond donors (Lipinski definition) is 2. The van der Waals surface area contributed by atoms with Gasteiger partial charge in [0.25, 0.3) is 0 Å². The van der Waals surface area contributed by atoms with Gasteiger partial charge in [0.1, 0.15) is 0 Å². The van der Waals surface area contributed by atoms with Gasteiger partial charge in [0.2, 0.25) is 0 Å². The van der Waals surface area contributed by atoms with E-state index in [1.807, 2.05) is 12.4 Å². The maximum absolute atomic E-state index is 5.91. The smallest absolute Gasteiger partial charge is 0.169 e. The number of piperidine rings is 1. The molecule has 29 heavy (non-hydrogen) atoms. The lowest BCUT2D eigenvalue weighted by Crippen LogP contribution is -2.62. The average Bonchev–Trinajstić information content (AvgIpc) is 2.61. The summed E-state index contributed by atoms with van der Waals surface area (Å²) in [6.07, 6.45) is 5.77. The van der Waals surface area contributed by atoms with Crippen LogP contribution in [0.5, 0.6) is 0 Å². The molecule has 0 atom stereocenters. The van der Waals surface area contributed by atoms with E-state index in [-0.39, 0.29) is 11.1 Å². The summed E-state index contributed by atoms with van der Waals surface area (Å²) < 4.78 is 0. The maximum atomic E-state index is 5.91. The first-order chi connectivity index (χ1) is 13.6. The molecule has 3 rings (SSSR count). The summed E-state index contributed by atoms with van der Waals surface area (Å²) in [6, 6.07) is 13.2. The number of rotatable bonds is 5. The van der Waals surface area contributed by atoms with Crippen molar-refractivity contribution in [2.75, 3.05) is 0 Å². The molecule has 0 radical (unpaired) electrons. The van der Waals surface area contributed by atoms with E-state index in [0.717, 1.165) is 31.0 Å². The summed E-state index contributed by atoms with van der Waals surface area (Å²) in [5.41, 5.74) is 3.92. The number of benzene rings is 1. The molecule has 1 aromatic carbocycles. The van der Waals surface area contributed by atoms with Crippen LogP contribution in [-0.4, -0.2) is 32.1 Å². The van der Waals surface area contributed by atoms with Crippen molar-refractivity contribution in [2.45, 2.75) is 77.7 Å². The van der Waals surface area contributed by atoms with Gasteiger partial charge in [0, 0.05) is 42.6 Å². The second kappa shape index (κ2) is 8.80. The number of hydrogen-bond acceptors (Lipinski definition) is 3. The molecule has 1 aliphatic rings. The fourth-order valence-corrected chi connectivity index (χ4v) is 4.81. The van der Waals surface area contributed by atoms with E-state index in [2.05, 4.69) is 91.5 Å². The number of aryl methyl sites for hydroxylation is 1. The number of thiocarbonyl (C=S) groups is 1. The Hall–Kier alpha value is -1.98. The van der Waals surface area contributed by atoms with Gasteiger partial charge >= 0.3 is 0 Å². The molecular formula is C24H34N4S. The predicted octanol–water partition coefficient (Wildman–Crippen LogP) is 4.58. The highest BCUT2D eigenvalue weighted by Crippen LogP contribution is 2.28. The molecule has 4 nitrogen and oxygen atoms in total. The Morgan fingerprint density at radius 3 is 2.07 bits per heavy atom. The van der Waals surface area contributed by atoms with Crippen molar-refractivity contribution < 1.29 is 0 Å². The van der Waals surface area contributed by atoms with Crippen molar-refractivity contribution in [3.63, 3.8) is 0 Å². The lowest BCUT2D eigenvalue weighted by Gasteiger charge is -2.47. The summed E-state index contributed by atoms with van der Waals surface area (Å²) in [5.74, 6) is 0. The highest BCUT2D eigenvalue weighted by molar-refractivity contribution is 7.80. The molecule has 0 bridgehead atoms. The zero-order valence-corrected chi connectivity index (χ0v) is 19.1. The van der Waals surface area contributed by atoms with E-state index in [0.29, 0.717) is 6.04 Å². The highest BCUT2D eigenvalue weighted by atomic mass is 32.1. The molecule has 1 aromatic heterocycles. The van der Waals surface area contributed by atoms with E-state index >= 15 is 0 Å². The first-order valence-corrected chi connectivity index (χ1v) is 10.8. The van der Waals surface area contributed by atoms with E-state index in [9.17, 15) is 0 Å². The van der Waals surface area contributed by atoms with Crippen molar-refractivity contribution >= 4 is 17.3 Å². The number of pyridine rings is 1. The molecule has 2 aromatic rings. The average molecular weight is 411 g/mol. The molecule has 0 unspecified atom stereocenters. The van der Waals surface area contributed by atoms with Crippen LogP contribution in [0.3, 0.4) is 0 Å². The summed E-state index contributed by atoms with van der Waals surface area (Å²) >= 11 is 5.91. The van der Waals surface area contributed by atoms with Crippen LogP contribution in [0.2, 0.25) is 0 Å². The van der Waals surface area contributed by atoms with Gasteiger partial charge in [-0.1, -0.05) is 29.8 Å². The standard InChI is InChI=1S/C24H34N4S/c1-18-6-8-19(9-7-18)16-28(17-20-10-12-25-13-11-20)22(29)26-21-14-23(2,3)27-24(4,5)15-21/h6-13,21,27H,14-17H2,1-5H3,(H,26,29). The van der Waals surface area contributed by atoms with Crippen molar-refractivity contribution in [1.29, 1.82) is 0 Å². The van der Waals surface area contributed by atoms with E-state index in [1.54, 1.807) is 0 Å². The second-order valence-corrected chi connectivity index (χ2v) is 10.0.